The number of piperidine rings is 1. The van der Waals surface area contributed by atoms with Crippen LogP contribution in [0.25, 0.3) is 0 Å². The van der Waals surface area contributed by atoms with E-state index in [2.05, 4.69) is 27.3 Å². The quantitative estimate of drug-likeness (QED) is 0.808. The first-order chi connectivity index (χ1) is 7.92. The summed E-state index contributed by atoms with van der Waals surface area (Å²) < 4.78 is 0. The number of nitrogens with zero attached hydrogens (tertiary/aromatic N) is 2. The van der Waals surface area contributed by atoms with Gasteiger partial charge in [-0.05, 0) is 43.0 Å². The molecule has 2 aliphatic rings. The Morgan fingerprint density at radius 2 is 2.19 bits per heavy atom. The van der Waals surface area contributed by atoms with Crippen LogP contribution in [0.2, 0.25) is 0 Å². The van der Waals surface area contributed by atoms with Crippen molar-refractivity contribution in [3.63, 3.8) is 0 Å². The van der Waals surface area contributed by atoms with E-state index in [1.165, 1.54) is 38.0 Å². The van der Waals surface area contributed by atoms with Gasteiger partial charge in [-0.3, -0.25) is 9.88 Å². The highest BCUT2D eigenvalue weighted by Gasteiger charge is 2.33. The van der Waals surface area contributed by atoms with Crippen molar-refractivity contribution in [3.05, 3.63) is 30.1 Å². The van der Waals surface area contributed by atoms with Gasteiger partial charge in [0.25, 0.3) is 0 Å². The summed E-state index contributed by atoms with van der Waals surface area (Å²) in [6.07, 6.45) is 6.53. The molecule has 0 saturated carbocycles. The Morgan fingerprint density at radius 1 is 1.31 bits per heavy atom. The molecule has 0 aromatic carbocycles. The number of aromatic nitrogens is 1. The maximum absolute atomic E-state index is 4.06. The van der Waals surface area contributed by atoms with E-state index in [4.69, 9.17) is 0 Å². The SMILES string of the molecule is c1cc(CN2CC3CCCNC3C2)ccn1. The van der Waals surface area contributed by atoms with Gasteiger partial charge < -0.3 is 5.32 Å². The summed E-state index contributed by atoms with van der Waals surface area (Å²) in [5.41, 5.74) is 1.38. The third-order valence-corrected chi connectivity index (χ3v) is 3.83. The number of hydrogen-bond donors (Lipinski definition) is 1. The number of pyridine rings is 1. The molecular formula is C13H19N3. The molecule has 0 bridgehead atoms. The molecule has 2 aliphatic heterocycles. The Bertz CT molecular complexity index is 324. The van der Waals surface area contributed by atoms with Crippen LogP contribution in [0.5, 0.6) is 0 Å². The first-order valence-corrected chi connectivity index (χ1v) is 6.26. The maximum Gasteiger partial charge on any atom is 0.0271 e. The van der Waals surface area contributed by atoms with Crippen LogP contribution in [-0.4, -0.2) is 35.6 Å². The molecule has 1 aromatic rings. The average molecular weight is 217 g/mol. The molecule has 86 valence electrons. The van der Waals surface area contributed by atoms with Gasteiger partial charge in [0.05, 0.1) is 0 Å². The second-order valence-corrected chi connectivity index (χ2v) is 5.01. The van der Waals surface area contributed by atoms with Crippen molar-refractivity contribution in [1.82, 2.24) is 15.2 Å². The predicted octanol–water partition coefficient (Wildman–Crippen LogP) is 1.27. The Kier molecular flexibility index (Phi) is 2.89. The van der Waals surface area contributed by atoms with Crippen molar-refractivity contribution in [1.29, 1.82) is 0 Å². The molecule has 1 aromatic heterocycles. The Labute approximate surface area is 96.9 Å². The van der Waals surface area contributed by atoms with Gasteiger partial charge in [0.1, 0.15) is 0 Å². The first-order valence-electron chi connectivity index (χ1n) is 6.26. The zero-order chi connectivity index (χ0) is 10.8. The minimum absolute atomic E-state index is 0.746. The summed E-state index contributed by atoms with van der Waals surface area (Å²) in [5, 5.41) is 3.64. The lowest BCUT2D eigenvalue weighted by Crippen LogP contribution is -2.40. The normalized spacial score (nSPS) is 30.2. The van der Waals surface area contributed by atoms with Gasteiger partial charge in [-0.1, -0.05) is 0 Å². The van der Waals surface area contributed by atoms with E-state index in [1.807, 2.05) is 12.4 Å². The Hall–Kier alpha value is -0.930. The predicted molar refractivity (Wildman–Crippen MR) is 64.0 cm³/mol. The number of nitrogens with one attached hydrogen (secondary N) is 1. The van der Waals surface area contributed by atoms with Gasteiger partial charge in [0, 0.05) is 38.1 Å². The van der Waals surface area contributed by atoms with Crippen LogP contribution in [0.1, 0.15) is 18.4 Å². The monoisotopic (exact) mass is 217 g/mol. The van der Waals surface area contributed by atoms with Gasteiger partial charge in [-0.15, -0.1) is 0 Å². The lowest BCUT2D eigenvalue weighted by molar-refractivity contribution is 0.312. The highest BCUT2D eigenvalue weighted by atomic mass is 15.2. The zero-order valence-electron chi connectivity index (χ0n) is 9.60. The molecule has 0 spiro atoms. The van der Waals surface area contributed by atoms with Crippen LogP contribution < -0.4 is 5.32 Å². The fourth-order valence-corrected chi connectivity index (χ4v) is 3.01. The van der Waals surface area contributed by atoms with E-state index in [0.717, 1.165) is 18.5 Å². The number of hydrogen-bond acceptors (Lipinski definition) is 3. The van der Waals surface area contributed by atoms with Crippen molar-refractivity contribution >= 4 is 0 Å². The van der Waals surface area contributed by atoms with E-state index < -0.39 is 0 Å². The van der Waals surface area contributed by atoms with Crippen molar-refractivity contribution in [2.45, 2.75) is 25.4 Å². The van der Waals surface area contributed by atoms with Crippen molar-refractivity contribution in [2.24, 2.45) is 5.92 Å². The fraction of sp³-hybridized carbons (Fsp3) is 0.615. The molecule has 2 fully saturated rings. The van der Waals surface area contributed by atoms with Crippen LogP contribution in [0.4, 0.5) is 0 Å². The van der Waals surface area contributed by atoms with Crippen LogP contribution in [-0.2, 0) is 6.54 Å². The molecule has 3 rings (SSSR count). The largest absolute Gasteiger partial charge is 0.312 e. The lowest BCUT2D eigenvalue weighted by atomic mass is 9.94. The van der Waals surface area contributed by atoms with E-state index in [1.54, 1.807) is 0 Å². The highest BCUT2D eigenvalue weighted by Crippen LogP contribution is 2.25. The van der Waals surface area contributed by atoms with Gasteiger partial charge in [0.2, 0.25) is 0 Å². The minimum Gasteiger partial charge on any atom is -0.312 e. The van der Waals surface area contributed by atoms with Gasteiger partial charge in [-0.2, -0.15) is 0 Å². The summed E-state index contributed by atoms with van der Waals surface area (Å²) in [6.45, 7) is 4.77. The molecule has 3 heterocycles. The van der Waals surface area contributed by atoms with E-state index in [-0.39, 0.29) is 0 Å². The fourth-order valence-electron chi connectivity index (χ4n) is 3.01. The molecule has 0 aliphatic carbocycles. The Morgan fingerprint density at radius 3 is 3.00 bits per heavy atom. The third kappa shape index (κ3) is 2.11. The third-order valence-electron chi connectivity index (χ3n) is 3.83. The molecule has 1 N–H and O–H groups in total. The summed E-state index contributed by atoms with van der Waals surface area (Å²) in [5.74, 6) is 0.885. The second-order valence-electron chi connectivity index (χ2n) is 5.01. The maximum atomic E-state index is 4.06. The van der Waals surface area contributed by atoms with Crippen LogP contribution in [0.3, 0.4) is 0 Å². The van der Waals surface area contributed by atoms with Crippen molar-refractivity contribution in [2.75, 3.05) is 19.6 Å². The molecule has 3 heteroatoms. The average Bonchev–Trinajstić information content (AvgIpc) is 2.72. The second kappa shape index (κ2) is 4.52. The molecular weight excluding hydrogens is 198 g/mol. The van der Waals surface area contributed by atoms with E-state index in [9.17, 15) is 0 Å². The molecule has 2 saturated heterocycles. The van der Waals surface area contributed by atoms with Gasteiger partial charge in [0.15, 0.2) is 0 Å². The molecule has 2 unspecified atom stereocenters. The molecule has 0 amide bonds. The van der Waals surface area contributed by atoms with Gasteiger partial charge in [-0.25, -0.2) is 0 Å². The number of fused-ring (bicyclic) bond motifs is 1. The van der Waals surface area contributed by atoms with Crippen molar-refractivity contribution in [3.8, 4) is 0 Å². The smallest absolute Gasteiger partial charge is 0.0271 e. The minimum atomic E-state index is 0.746. The van der Waals surface area contributed by atoms with Crippen LogP contribution >= 0.6 is 0 Å². The van der Waals surface area contributed by atoms with Crippen LogP contribution in [0.15, 0.2) is 24.5 Å². The van der Waals surface area contributed by atoms with Gasteiger partial charge >= 0.3 is 0 Å². The van der Waals surface area contributed by atoms with E-state index >= 15 is 0 Å². The number of rotatable bonds is 2. The molecule has 2 atom stereocenters. The standard InChI is InChI=1S/C13H19N3/c1-2-12-9-16(10-13(12)15-5-1)8-11-3-6-14-7-4-11/h3-4,6-7,12-13,15H,1-2,5,8-10H2. The summed E-state index contributed by atoms with van der Waals surface area (Å²) in [4.78, 5) is 6.63. The summed E-state index contributed by atoms with van der Waals surface area (Å²) in [7, 11) is 0. The number of likely N-dealkylation sites (tertiary alicyclic amines) is 1. The highest BCUT2D eigenvalue weighted by molar-refractivity contribution is 5.10. The Balaban J connectivity index is 1.61. The molecule has 3 nitrogen and oxygen atoms in total. The van der Waals surface area contributed by atoms with Crippen molar-refractivity contribution < 1.29 is 0 Å². The van der Waals surface area contributed by atoms with E-state index in [0.29, 0.717) is 0 Å². The summed E-state index contributed by atoms with van der Waals surface area (Å²) in [6, 6.07) is 4.99. The molecule has 16 heavy (non-hydrogen) atoms. The first kappa shape index (κ1) is 10.2. The topological polar surface area (TPSA) is 28.2 Å². The summed E-state index contributed by atoms with van der Waals surface area (Å²) >= 11 is 0. The lowest BCUT2D eigenvalue weighted by Gasteiger charge is -2.24. The molecule has 0 radical (unpaired) electrons. The zero-order valence-corrected chi connectivity index (χ0v) is 9.60. The van der Waals surface area contributed by atoms with Crippen LogP contribution in [0, 0.1) is 5.92 Å².